The number of carbonyl (C=O) groups excluding carboxylic acids is 1. The zero-order chi connectivity index (χ0) is 11.5. The number of hydrogen-bond donors (Lipinski definition) is 1. The number of likely N-dealkylation sites (N-methyl/N-ethyl adjacent to an activating group) is 1. The van der Waals surface area contributed by atoms with E-state index in [1.165, 1.54) is 5.57 Å². The lowest BCUT2D eigenvalue weighted by atomic mass is 10.0. The lowest BCUT2D eigenvalue weighted by Crippen LogP contribution is -2.46. The van der Waals surface area contributed by atoms with E-state index in [1.807, 2.05) is 11.9 Å². The Morgan fingerprint density at radius 1 is 1.56 bits per heavy atom. The van der Waals surface area contributed by atoms with Crippen molar-refractivity contribution in [1.29, 1.82) is 0 Å². The van der Waals surface area contributed by atoms with Crippen LogP contribution in [0, 0.1) is 5.92 Å². The molecule has 0 aliphatic carbocycles. The van der Waals surface area contributed by atoms with Crippen molar-refractivity contribution < 1.29 is 9.53 Å². The minimum atomic E-state index is -0.00380. The summed E-state index contributed by atoms with van der Waals surface area (Å²) in [5.41, 5.74) is 1.29. The van der Waals surface area contributed by atoms with Crippen LogP contribution >= 0.6 is 0 Å². The van der Waals surface area contributed by atoms with Gasteiger partial charge in [0.25, 0.3) is 0 Å². The molecule has 16 heavy (non-hydrogen) atoms. The van der Waals surface area contributed by atoms with Crippen LogP contribution in [-0.2, 0) is 9.53 Å². The summed E-state index contributed by atoms with van der Waals surface area (Å²) >= 11 is 0. The first-order valence-corrected chi connectivity index (χ1v) is 5.92. The van der Waals surface area contributed by atoms with Gasteiger partial charge >= 0.3 is 0 Å². The molecule has 2 unspecified atom stereocenters. The highest BCUT2D eigenvalue weighted by molar-refractivity contribution is 5.80. The standard InChI is InChI=1S/C12H20N2O2/c1-9-4-3-5-14(6-9)12(15)10-7-16-8-11(10)13-2/h4,10-11,13H,3,5-8H2,1-2H3. The summed E-state index contributed by atoms with van der Waals surface area (Å²) in [5.74, 6) is 0.236. The Kier molecular flexibility index (Phi) is 3.61. The van der Waals surface area contributed by atoms with Crippen molar-refractivity contribution in [2.75, 3.05) is 33.4 Å². The molecule has 2 heterocycles. The monoisotopic (exact) mass is 224 g/mol. The summed E-state index contributed by atoms with van der Waals surface area (Å²) in [7, 11) is 1.89. The lowest BCUT2D eigenvalue weighted by molar-refractivity contribution is -0.135. The number of nitrogens with zero attached hydrogens (tertiary/aromatic N) is 1. The van der Waals surface area contributed by atoms with E-state index in [4.69, 9.17) is 4.74 Å². The Hall–Kier alpha value is -0.870. The fourth-order valence-electron chi connectivity index (χ4n) is 2.42. The van der Waals surface area contributed by atoms with Crippen molar-refractivity contribution in [2.45, 2.75) is 19.4 Å². The predicted molar refractivity (Wildman–Crippen MR) is 62.1 cm³/mol. The molecule has 2 atom stereocenters. The maximum atomic E-state index is 12.3. The maximum absolute atomic E-state index is 12.3. The number of amides is 1. The highest BCUT2D eigenvalue weighted by Gasteiger charge is 2.35. The Morgan fingerprint density at radius 3 is 3.06 bits per heavy atom. The van der Waals surface area contributed by atoms with Gasteiger partial charge in [0.1, 0.15) is 0 Å². The normalized spacial score (nSPS) is 30.4. The number of nitrogens with one attached hydrogen (secondary N) is 1. The molecule has 0 spiro atoms. The zero-order valence-corrected chi connectivity index (χ0v) is 10.0. The molecule has 1 amide bonds. The second kappa shape index (κ2) is 4.97. The highest BCUT2D eigenvalue weighted by Crippen LogP contribution is 2.19. The summed E-state index contributed by atoms with van der Waals surface area (Å²) in [5, 5.41) is 3.16. The van der Waals surface area contributed by atoms with Crippen LogP contribution in [0.2, 0.25) is 0 Å². The van der Waals surface area contributed by atoms with Crippen LogP contribution in [0.4, 0.5) is 0 Å². The predicted octanol–water partition coefficient (Wildman–Crippen LogP) is 0.399. The second-order valence-corrected chi connectivity index (χ2v) is 4.64. The molecular formula is C12H20N2O2. The van der Waals surface area contributed by atoms with E-state index in [1.54, 1.807) is 0 Å². The van der Waals surface area contributed by atoms with Gasteiger partial charge in [-0.15, -0.1) is 0 Å². The molecule has 0 radical (unpaired) electrons. The first kappa shape index (κ1) is 11.6. The van der Waals surface area contributed by atoms with Gasteiger partial charge < -0.3 is 15.0 Å². The van der Waals surface area contributed by atoms with Crippen molar-refractivity contribution in [3.8, 4) is 0 Å². The lowest BCUT2D eigenvalue weighted by Gasteiger charge is -2.30. The maximum Gasteiger partial charge on any atom is 0.229 e. The second-order valence-electron chi connectivity index (χ2n) is 4.64. The molecule has 2 aliphatic rings. The molecule has 0 bridgehead atoms. The van der Waals surface area contributed by atoms with Crippen molar-refractivity contribution in [1.82, 2.24) is 10.2 Å². The van der Waals surface area contributed by atoms with Gasteiger partial charge in [0.05, 0.1) is 19.1 Å². The molecular weight excluding hydrogens is 204 g/mol. The minimum absolute atomic E-state index is 0.00380. The molecule has 2 rings (SSSR count). The van der Waals surface area contributed by atoms with Crippen LogP contribution in [0.15, 0.2) is 11.6 Å². The summed E-state index contributed by atoms with van der Waals surface area (Å²) in [6, 6.07) is 0.179. The molecule has 0 saturated carbocycles. The van der Waals surface area contributed by atoms with Crippen LogP contribution in [0.1, 0.15) is 13.3 Å². The van der Waals surface area contributed by atoms with Crippen molar-refractivity contribution in [3.05, 3.63) is 11.6 Å². The van der Waals surface area contributed by atoms with Gasteiger partial charge in [-0.3, -0.25) is 4.79 Å². The summed E-state index contributed by atoms with van der Waals surface area (Å²) < 4.78 is 5.37. The summed E-state index contributed by atoms with van der Waals surface area (Å²) in [6.07, 6.45) is 3.19. The van der Waals surface area contributed by atoms with Crippen molar-refractivity contribution in [2.24, 2.45) is 5.92 Å². The molecule has 0 aromatic heterocycles. The Bertz CT molecular complexity index is 301. The molecule has 0 aromatic carbocycles. The van der Waals surface area contributed by atoms with Gasteiger partial charge in [-0.05, 0) is 20.4 Å². The molecule has 1 fully saturated rings. The SMILES string of the molecule is CNC1COCC1C(=O)N1CCC=C(C)C1. The van der Waals surface area contributed by atoms with Gasteiger partial charge in [0.2, 0.25) is 5.91 Å². The molecule has 1 N–H and O–H groups in total. The van der Waals surface area contributed by atoms with E-state index in [0.29, 0.717) is 13.2 Å². The van der Waals surface area contributed by atoms with E-state index < -0.39 is 0 Å². The third-order valence-corrected chi connectivity index (χ3v) is 3.41. The van der Waals surface area contributed by atoms with E-state index >= 15 is 0 Å². The van der Waals surface area contributed by atoms with E-state index in [9.17, 15) is 4.79 Å². The third-order valence-electron chi connectivity index (χ3n) is 3.41. The molecule has 1 saturated heterocycles. The Labute approximate surface area is 96.6 Å². The van der Waals surface area contributed by atoms with Gasteiger partial charge in [0.15, 0.2) is 0 Å². The van der Waals surface area contributed by atoms with E-state index in [-0.39, 0.29) is 17.9 Å². The van der Waals surface area contributed by atoms with E-state index in [2.05, 4.69) is 18.3 Å². The molecule has 4 nitrogen and oxygen atoms in total. The number of carbonyl (C=O) groups is 1. The van der Waals surface area contributed by atoms with Crippen LogP contribution in [0.5, 0.6) is 0 Å². The van der Waals surface area contributed by atoms with Gasteiger partial charge in [-0.25, -0.2) is 0 Å². The summed E-state index contributed by atoms with van der Waals surface area (Å²) in [4.78, 5) is 14.3. The fourth-order valence-corrected chi connectivity index (χ4v) is 2.42. The number of hydrogen-bond acceptors (Lipinski definition) is 3. The summed E-state index contributed by atoms with van der Waals surface area (Å²) in [6.45, 7) is 4.92. The van der Waals surface area contributed by atoms with Crippen LogP contribution in [0.3, 0.4) is 0 Å². The largest absolute Gasteiger partial charge is 0.379 e. The Balaban J connectivity index is 1.99. The van der Waals surface area contributed by atoms with Crippen LogP contribution < -0.4 is 5.32 Å². The van der Waals surface area contributed by atoms with Gasteiger partial charge in [-0.1, -0.05) is 11.6 Å². The zero-order valence-electron chi connectivity index (χ0n) is 10.0. The number of ether oxygens (including phenoxy) is 1. The van der Waals surface area contributed by atoms with E-state index in [0.717, 1.165) is 19.5 Å². The average molecular weight is 224 g/mol. The topological polar surface area (TPSA) is 41.6 Å². The van der Waals surface area contributed by atoms with Crippen LogP contribution in [-0.4, -0.2) is 50.2 Å². The molecule has 90 valence electrons. The first-order valence-electron chi connectivity index (χ1n) is 5.92. The quantitative estimate of drug-likeness (QED) is 0.690. The first-order chi connectivity index (χ1) is 7.72. The molecule has 4 heteroatoms. The minimum Gasteiger partial charge on any atom is -0.379 e. The Morgan fingerprint density at radius 2 is 2.38 bits per heavy atom. The average Bonchev–Trinajstić information content (AvgIpc) is 2.76. The molecule has 0 aromatic rings. The van der Waals surface area contributed by atoms with Gasteiger partial charge in [-0.2, -0.15) is 0 Å². The van der Waals surface area contributed by atoms with Crippen molar-refractivity contribution in [3.63, 3.8) is 0 Å². The van der Waals surface area contributed by atoms with Gasteiger partial charge in [0, 0.05) is 19.1 Å². The van der Waals surface area contributed by atoms with Crippen molar-refractivity contribution >= 4 is 5.91 Å². The smallest absolute Gasteiger partial charge is 0.229 e. The molecule has 2 aliphatic heterocycles. The number of rotatable bonds is 2. The highest BCUT2D eigenvalue weighted by atomic mass is 16.5. The third kappa shape index (κ3) is 2.28. The fraction of sp³-hybridized carbons (Fsp3) is 0.750. The van der Waals surface area contributed by atoms with Crippen LogP contribution in [0.25, 0.3) is 0 Å².